The SMILES string of the molecule is ClCCl.O=C1CCCC1. The highest BCUT2D eigenvalue weighted by molar-refractivity contribution is 6.40. The van der Waals surface area contributed by atoms with Gasteiger partial charge in [-0.2, -0.15) is 0 Å². The van der Waals surface area contributed by atoms with Crippen LogP contribution in [0.4, 0.5) is 0 Å². The van der Waals surface area contributed by atoms with Gasteiger partial charge < -0.3 is 0 Å². The van der Waals surface area contributed by atoms with Gasteiger partial charge in [0.2, 0.25) is 0 Å². The summed E-state index contributed by atoms with van der Waals surface area (Å²) in [6, 6.07) is 0. The predicted octanol–water partition coefficient (Wildman–Crippen LogP) is 2.55. The quantitative estimate of drug-likeness (QED) is 0.509. The van der Waals surface area contributed by atoms with Crippen LogP contribution in [0.3, 0.4) is 0 Å². The number of halogens is 2. The minimum absolute atomic E-state index is 0.194. The number of ketones is 1. The van der Waals surface area contributed by atoms with Crippen molar-refractivity contribution in [3.8, 4) is 0 Å². The summed E-state index contributed by atoms with van der Waals surface area (Å²) >= 11 is 9.53. The van der Waals surface area contributed by atoms with Gasteiger partial charge in [-0.25, -0.2) is 0 Å². The molecule has 3 heteroatoms. The van der Waals surface area contributed by atoms with Crippen molar-refractivity contribution in [1.82, 2.24) is 0 Å². The lowest BCUT2D eigenvalue weighted by molar-refractivity contribution is -0.117. The molecule has 0 aromatic rings. The fraction of sp³-hybridized carbons (Fsp3) is 0.833. The maximum Gasteiger partial charge on any atom is 0.132 e. The van der Waals surface area contributed by atoms with Crippen molar-refractivity contribution in [1.29, 1.82) is 0 Å². The van der Waals surface area contributed by atoms with Crippen LogP contribution >= 0.6 is 23.2 Å². The maximum atomic E-state index is 10.2. The molecule has 1 saturated carbocycles. The number of alkyl halides is 2. The molecule has 1 fully saturated rings. The minimum atomic E-state index is 0.194. The molecule has 1 nitrogen and oxygen atoms in total. The Kier molecular flexibility index (Phi) is 6.55. The van der Waals surface area contributed by atoms with E-state index in [4.69, 9.17) is 23.2 Å². The molecular formula is C6H10Cl2O. The first-order valence-corrected chi connectivity index (χ1v) is 4.01. The molecule has 54 valence electrons. The average Bonchev–Trinajstić information content (AvgIpc) is 2.20. The van der Waals surface area contributed by atoms with Crippen molar-refractivity contribution < 1.29 is 4.79 Å². The summed E-state index contributed by atoms with van der Waals surface area (Å²) in [6.07, 6.45) is 3.97. The van der Waals surface area contributed by atoms with Crippen LogP contribution < -0.4 is 0 Å². The van der Waals surface area contributed by atoms with E-state index in [1.165, 1.54) is 0 Å². The summed E-state index contributed by atoms with van der Waals surface area (Å²) < 4.78 is 0. The molecule has 0 atom stereocenters. The lowest BCUT2D eigenvalue weighted by Gasteiger charge is -1.71. The van der Waals surface area contributed by atoms with Crippen molar-refractivity contribution in [2.45, 2.75) is 25.7 Å². The second kappa shape index (κ2) is 6.37. The Labute approximate surface area is 65.3 Å². The summed E-state index contributed by atoms with van der Waals surface area (Å²) in [4.78, 5) is 10.2. The number of carbonyl (C=O) groups is 1. The second-order valence-corrected chi connectivity index (χ2v) is 2.65. The van der Waals surface area contributed by atoms with Crippen LogP contribution in [-0.4, -0.2) is 11.1 Å². The lowest BCUT2D eigenvalue weighted by atomic mass is 10.4. The Morgan fingerprint density at radius 1 is 1.22 bits per heavy atom. The van der Waals surface area contributed by atoms with Crippen molar-refractivity contribution in [3.63, 3.8) is 0 Å². The predicted molar refractivity (Wildman–Crippen MR) is 40.0 cm³/mol. The Morgan fingerprint density at radius 2 is 1.56 bits per heavy atom. The molecular weight excluding hydrogens is 159 g/mol. The molecule has 0 aromatic heterocycles. The molecule has 1 rings (SSSR count). The number of Topliss-reactive ketones (excluding diaryl/α,β-unsaturated/α-hetero) is 1. The van der Waals surface area contributed by atoms with E-state index < -0.39 is 0 Å². The zero-order valence-electron chi connectivity index (χ0n) is 5.20. The first-order chi connectivity index (χ1) is 4.31. The number of rotatable bonds is 0. The molecule has 0 amide bonds. The zero-order chi connectivity index (χ0) is 7.11. The molecule has 0 spiro atoms. The molecule has 0 unspecified atom stereocenters. The minimum Gasteiger partial charge on any atom is -0.300 e. The molecule has 0 bridgehead atoms. The third kappa shape index (κ3) is 6.13. The summed E-state index contributed by atoms with van der Waals surface area (Å²) in [7, 11) is 0. The highest BCUT2D eigenvalue weighted by atomic mass is 35.5. The van der Waals surface area contributed by atoms with Gasteiger partial charge in [0.1, 0.15) is 5.78 Å². The maximum absolute atomic E-state index is 10.2. The molecule has 0 N–H and O–H groups in total. The fourth-order valence-electron chi connectivity index (χ4n) is 0.769. The molecule has 0 heterocycles. The van der Waals surface area contributed by atoms with Gasteiger partial charge in [0.15, 0.2) is 0 Å². The van der Waals surface area contributed by atoms with E-state index in [-0.39, 0.29) is 5.34 Å². The number of hydrogen-bond acceptors (Lipinski definition) is 1. The molecule has 0 aromatic carbocycles. The van der Waals surface area contributed by atoms with E-state index >= 15 is 0 Å². The van der Waals surface area contributed by atoms with Gasteiger partial charge in [0, 0.05) is 12.8 Å². The third-order valence-electron chi connectivity index (χ3n) is 1.16. The van der Waals surface area contributed by atoms with E-state index in [9.17, 15) is 4.79 Å². The van der Waals surface area contributed by atoms with Crippen molar-refractivity contribution >= 4 is 29.0 Å². The van der Waals surface area contributed by atoms with Crippen molar-refractivity contribution in [3.05, 3.63) is 0 Å². The largest absolute Gasteiger partial charge is 0.300 e. The van der Waals surface area contributed by atoms with Gasteiger partial charge >= 0.3 is 0 Å². The molecule has 0 saturated heterocycles. The van der Waals surface area contributed by atoms with Crippen molar-refractivity contribution in [2.75, 3.05) is 5.34 Å². The molecule has 9 heavy (non-hydrogen) atoms. The number of carbonyl (C=O) groups excluding carboxylic acids is 1. The molecule has 0 radical (unpaired) electrons. The monoisotopic (exact) mass is 168 g/mol. The van der Waals surface area contributed by atoms with E-state index in [0.717, 1.165) is 25.7 Å². The Hall–Kier alpha value is 0.250. The summed E-state index contributed by atoms with van der Waals surface area (Å²) in [5.74, 6) is 0.454. The van der Waals surface area contributed by atoms with Crippen LogP contribution in [-0.2, 0) is 4.79 Å². The van der Waals surface area contributed by atoms with Gasteiger partial charge in [-0.3, -0.25) is 4.79 Å². The van der Waals surface area contributed by atoms with Gasteiger partial charge in [0.05, 0.1) is 5.34 Å². The Morgan fingerprint density at radius 3 is 1.67 bits per heavy atom. The topological polar surface area (TPSA) is 17.1 Å². The first kappa shape index (κ1) is 9.25. The molecule has 1 aliphatic carbocycles. The average molecular weight is 169 g/mol. The van der Waals surface area contributed by atoms with Gasteiger partial charge in [-0.1, -0.05) is 0 Å². The van der Waals surface area contributed by atoms with Crippen LogP contribution in [0.25, 0.3) is 0 Å². The van der Waals surface area contributed by atoms with Gasteiger partial charge in [-0.15, -0.1) is 23.2 Å². The summed E-state index contributed by atoms with van der Waals surface area (Å²) in [6.45, 7) is 0. The van der Waals surface area contributed by atoms with Crippen LogP contribution in [0.2, 0.25) is 0 Å². The van der Waals surface area contributed by atoms with Gasteiger partial charge in [0.25, 0.3) is 0 Å². The van der Waals surface area contributed by atoms with E-state index in [0.29, 0.717) is 5.78 Å². The normalized spacial score (nSPS) is 16.9. The first-order valence-electron chi connectivity index (χ1n) is 2.95. The second-order valence-electron chi connectivity index (χ2n) is 1.85. The fourth-order valence-corrected chi connectivity index (χ4v) is 0.769. The van der Waals surface area contributed by atoms with Crippen molar-refractivity contribution in [2.24, 2.45) is 0 Å². The number of hydrogen-bond donors (Lipinski definition) is 0. The van der Waals surface area contributed by atoms with Crippen LogP contribution in [0.1, 0.15) is 25.7 Å². The van der Waals surface area contributed by atoms with Gasteiger partial charge in [-0.05, 0) is 12.8 Å². The van der Waals surface area contributed by atoms with Crippen LogP contribution in [0, 0.1) is 0 Å². The van der Waals surface area contributed by atoms with E-state index in [2.05, 4.69) is 0 Å². The highest BCUT2D eigenvalue weighted by Crippen LogP contribution is 2.11. The Balaban J connectivity index is 0.000000187. The summed E-state index contributed by atoms with van der Waals surface area (Å²) in [5.41, 5.74) is 0. The van der Waals surface area contributed by atoms with E-state index in [1.807, 2.05) is 0 Å². The van der Waals surface area contributed by atoms with Crippen LogP contribution in [0.15, 0.2) is 0 Å². The highest BCUT2D eigenvalue weighted by Gasteiger charge is 2.07. The Bertz CT molecular complexity index is 75.1. The van der Waals surface area contributed by atoms with Crippen LogP contribution in [0.5, 0.6) is 0 Å². The summed E-state index contributed by atoms with van der Waals surface area (Å²) in [5, 5.41) is 0.194. The molecule has 0 aliphatic heterocycles. The zero-order valence-corrected chi connectivity index (χ0v) is 6.71. The molecule has 1 aliphatic rings. The lowest BCUT2D eigenvalue weighted by Crippen LogP contribution is -1.81. The smallest absolute Gasteiger partial charge is 0.132 e. The third-order valence-corrected chi connectivity index (χ3v) is 1.16. The standard InChI is InChI=1S/C5H8O.CH2Cl2/c6-5-3-1-2-4-5;2-1-3/h1-4H2;1H2. The van der Waals surface area contributed by atoms with E-state index in [1.54, 1.807) is 0 Å².